The van der Waals surface area contributed by atoms with Gasteiger partial charge in [-0.3, -0.25) is 10.1 Å². The van der Waals surface area contributed by atoms with Crippen molar-refractivity contribution in [1.29, 1.82) is 0 Å². The van der Waals surface area contributed by atoms with Crippen LogP contribution in [0, 0.1) is 10.1 Å². The second-order valence-electron chi connectivity index (χ2n) is 4.07. The highest BCUT2D eigenvalue weighted by Crippen LogP contribution is 2.21. The molecule has 1 heterocycles. The molecule has 1 aromatic carbocycles. The number of benzene rings is 1. The van der Waals surface area contributed by atoms with E-state index in [0.29, 0.717) is 24.3 Å². The Balaban J connectivity index is 2.34. The molecule has 0 aliphatic heterocycles. The van der Waals surface area contributed by atoms with Crippen molar-refractivity contribution in [3.63, 3.8) is 0 Å². The van der Waals surface area contributed by atoms with Crippen LogP contribution in [0.3, 0.4) is 0 Å². The summed E-state index contributed by atoms with van der Waals surface area (Å²) in [6.45, 7) is 0.0848. The molecule has 0 unspecified atom stereocenters. The van der Waals surface area contributed by atoms with Gasteiger partial charge in [-0.05, 0) is 18.9 Å². The number of aliphatic hydroxyl groups excluding tert-OH is 1. The molecule has 0 radical (unpaired) electrons. The minimum Gasteiger partial charge on any atom is -0.396 e. The van der Waals surface area contributed by atoms with Crippen molar-refractivity contribution in [2.45, 2.75) is 12.8 Å². The second-order valence-corrected chi connectivity index (χ2v) is 4.07. The van der Waals surface area contributed by atoms with E-state index in [9.17, 15) is 10.1 Å². The SMILES string of the molecule is Nc1c(CCCO)cnn1-c1cccc([N+](=O)[O-])c1. The molecule has 0 fully saturated rings. The fourth-order valence-electron chi connectivity index (χ4n) is 1.80. The van der Waals surface area contributed by atoms with E-state index < -0.39 is 4.92 Å². The third kappa shape index (κ3) is 2.71. The highest BCUT2D eigenvalue weighted by molar-refractivity contribution is 5.50. The summed E-state index contributed by atoms with van der Waals surface area (Å²) in [6, 6.07) is 6.11. The number of hydrogen-bond acceptors (Lipinski definition) is 5. The lowest BCUT2D eigenvalue weighted by Crippen LogP contribution is -2.04. The van der Waals surface area contributed by atoms with Crippen molar-refractivity contribution in [2.24, 2.45) is 0 Å². The van der Waals surface area contributed by atoms with Gasteiger partial charge in [0.05, 0.1) is 16.8 Å². The molecule has 1 aromatic heterocycles. The largest absolute Gasteiger partial charge is 0.396 e. The Hall–Kier alpha value is -2.41. The van der Waals surface area contributed by atoms with Crippen molar-refractivity contribution in [3.8, 4) is 5.69 Å². The molecule has 0 atom stereocenters. The molecule has 2 rings (SSSR count). The van der Waals surface area contributed by atoms with Crippen LogP contribution in [-0.4, -0.2) is 26.4 Å². The lowest BCUT2D eigenvalue weighted by atomic mass is 10.2. The monoisotopic (exact) mass is 262 g/mol. The van der Waals surface area contributed by atoms with Gasteiger partial charge in [0.1, 0.15) is 5.82 Å². The standard InChI is InChI=1S/C12H14N4O3/c13-12-9(3-2-6-17)8-14-15(12)10-4-1-5-11(7-10)16(18)19/h1,4-5,7-8,17H,2-3,6,13H2. The smallest absolute Gasteiger partial charge is 0.271 e. The summed E-state index contributed by atoms with van der Waals surface area (Å²) in [5.74, 6) is 0.439. The zero-order valence-electron chi connectivity index (χ0n) is 10.2. The maximum absolute atomic E-state index is 10.7. The van der Waals surface area contributed by atoms with Gasteiger partial charge in [-0.15, -0.1) is 0 Å². The summed E-state index contributed by atoms with van der Waals surface area (Å²) >= 11 is 0. The Morgan fingerprint density at radius 2 is 2.26 bits per heavy atom. The summed E-state index contributed by atoms with van der Waals surface area (Å²) in [4.78, 5) is 10.3. The maximum atomic E-state index is 10.7. The van der Waals surface area contributed by atoms with E-state index in [1.165, 1.54) is 16.8 Å². The molecule has 0 amide bonds. The average molecular weight is 262 g/mol. The minimum atomic E-state index is -0.462. The Morgan fingerprint density at radius 1 is 1.47 bits per heavy atom. The molecule has 19 heavy (non-hydrogen) atoms. The number of nitrogen functional groups attached to an aromatic ring is 1. The maximum Gasteiger partial charge on any atom is 0.271 e. The van der Waals surface area contributed by atoms with Crippen LogP contribution in [-0.2, 0) is 6.42 Å². The molecule has 100 valence electrons. The van der Waals surface area contributed by atoms with Gasteiger partial charge in [0.25, 0.3) is 5.69 Å². The van der Waals surface area contributed by atoms with E-state index in [2.05, 4.69) is 5.10 Å². The first kappa shape index (κ1) is 13.0. The van der Waals surface area contributed by atoms with Gasteiger partial charge in [0.15, 0.2) is 0 Å². The van der Waals surface area contributed by atoms with Gasteiger partial charge in [-0.25, -0.2) is 4.68 Å². The van der Waals surface area contributed by atoms with Gasteiger partial charge < -0.3 is 10.8 Å². The topological polar surface area (TPSA) is 107 Å². The first-order valence-corrected chi connectivity index (χ1v) is 5.81. The molecule has 0 aliphatic rings. The molecule has 0 spiro atoms. The third-order valence-corrected chi connectivity index (χ3v) is 2.78. The van der Waals surface area contributed by atoms with Gasteiger partial charge >= 0.3 is 0 Å². The second kappa shape index (κ2) is 5.49. The molecule has 0 saturated carbocycles. The number of hydrogen-bond donors (Lipinski definition) is 2. The lowest BCUT2D eigenvalue weighted by Gasteiger charge is -2.05. The van der Waals surface area contributed by atoms with E-state index in [-0.39, 0.29) is 12.3 Å². The third-order valence-electron chi connectivity index (χ3n) is 2.78. The predicted octanol–water partition coefficient (Wildman–Crippen LogP) is 1.29. The first-order chi connectivity index (χ1) is 9.13. The van der Waals surface area contributed by atoms with Crippen molar-refractivity contribution in [3.05, 3.63) is 46.1 Å². The zero-order chi connectivity index (χ0) is 13.8. The van der Waals surface area contributed by atoms with Crippen LogP contribution in [0.25, 0.3) is 5.69 Å². The Bertz CT molecular complexity index is 594. The molecule has 3 N–H and O–H groups in total. The fraction of sp³-hybridized carbons (Fsp3) is 0.250. The van der Waals surface area contributed by atoms with Gasteiger partial charge in [-0.2, -0.15) is 5.10 Å². The number of aryl methyl sites for hydroxylation is 1. The van der Waals surface area contributed by atoms with Crippen LogP contribution < -0.4 is 5.73 Å². The van der Waals surface area contributed by atoms with Crippen molar-refractivity contribution < 1.29 is 10.0 Å². The first-order valence-electron chi connectivity index (χ1n) is 5.81. The highest BCUT2D eigenvalue weighted by atomic mass is 16.6. The number of nitro benzene ring substituents is 1. The number of non-ortho nitro benzene ring substituents is 1. The molecule has 0 bridgehead atoms. The number of rotatable bonds is 5. The van der Waals surface area contributed by atoms with E-state index in [0.717, 1.165) is 5.56 Å². The molecule has 7 nitrogen and oxygen atoms in total. The van der Waals surface area contributed by atoms with E-state index in [1.54, 1.807) is 18.3 Å². The van der Waals surface area contributed by atoms with Crippen LogP contribution >= 0.6 is 0 Å². The average Bonchev–Trinajstić information content (AvgIpc) is 2.78. The van der Waals surface area contributed by atoms with Crippen molar-refractivity contribution in [1.82, 2.24) is 9.78 Å². The molecule has 0 aliphatic carbocycles. The molecule has 2 aromatic rings. The van der Waals surface area contributed by atoms with Crippen LogP contribution in [0.1, 0.15) is 12.0 Å². The van der Waals surface area contributed by atoms with E-state index in [4.69, 9.17) is 10.8 Å². The number of nitro groups is 1. The fourth-order valence-corrected chi connectivity index (χ4v) is 1.80. The molecular formula is C12H14N4O3. The molecule has 0 saturated heterocycles. The van der Waals surface area contributed by atoms with Gasteiger partial charge in [0.2, 0.25) is 0 Å². The molecular weight excluding hydrogens is 248 g/mol. The number of aromatic nitrogens is 2. The van der Waals surface area contributed by atoms with Crippen LogP contribution in [0.5, 0.6) is 0 Å². The lowest BCUT2D eigenvalue weighted by molar-refractivity contribution is -0.384. The van der Waals surface area contributed by atoms with Gasteiger partial charge in [0, 0.05) is 24.3 Å². The predicted molar refractivity (Wildman–Crippen MR) is 70.0 cm³/mol. The Labute approximate surface area is 109 Å². The van der Waals surface area contributed by atoms with E-state index in [1.807, 2.05) is 0 Å². The highest BCUT2D eigenvalue weighted by Gasteiger charge is 2.12. The summed E-state index contributed by atoms with van der Waals surface area (Å²) in [6.07, 6.45) is 2.84. The Kier molecular flexibility index (Phi) is 3.76. The quantitative estimate of drug-likeness (QED) is 0.623. The van der Waals surface area contributed by atoms with Crippen LogP contribution in [0.2, 0.25) is 0 Å². The van der Waals surface area contributed by atoms with Crippen LogP contribution in [0.4, 0.5) is 11.5 Å². The van der Waals surface area contributed by atoms with Crippen molar-refractivity contribution in [2.75, 3.05) is 12.3 Å². The van der Waals surface area contributed by atoms with Gasteiger partial charge in [-0.1, -0.05) is 6.07 Å². The van der Waals surface area contributed by atoms with Crippen molar-refractivity contribution >= 4 is 11.5 Å². The van der Waals surface area contributed by atoms with E-state index >= 15 is 0 Å². The zero-order valence-corrected chi connectivity index (χ0v) is 10.2. The number of anilines is 1. The Morgan fingerprint density at radius 3 is 2.95 bits per heavy atom. The molecule has 7 heteroatoms. The number of aliphatic hydroxyl groups is 1. The number of nitrogens with zero attached hydrogens (tertiary/aromatic N) is 3. The number of nitrogens with two attached hydrogens (primary N) is 1. The van der Waals surface area contributed by atoms with Crippen LogP contribution in [0.15, 0.2) is 30.5 Å². The summed E-state index contributed by atoms with van der Waals surface area (Å²) in [5.41, 5.74) is 7.30. The summed E-state index contributed by atoms with van der Waals surface area (Å²) < 4.78 is 1.46. The minimum absolute atomic E-state index is 0.00990. The normalized spacial score (nSPS) is 10.6. The summed E-state index contributed by atoms with van der Waals surface area (Å²) in [7, 11) is 0. The summed E-state index contributed by atoms with van der Waals surface area (Å²) in [5, 5.41) is 23.7.